The van der Waals surface area contributed by atoms with E-state index in [9.17, 15) is 0 Å². The predicted molar refractivity (Wildman–Crippen MR) is 59.6 cm³/mol. The number of hydrogen-bond acceptors (Lipinski definition) is 4. The predicted octanol–water partition coefficient (Wildman–Crippen LogP) is 2.23. The normalized spacial score (nSPS) is 24.3. The minimum absolute atomic E-state index is 0.524. The first-order valence-electron chi connectivity index (χ1n) is 5.15. The summed E-state index contributed by atoms with van der Waals surface area (Å²) in [7, 11) is 0. The summed E-state index contributed by atoms with van der Waals surface area (Å²) in [6.45, 7) is 2.21. The third-order valence-corrected chi connectivity index (χ3v) is 2.83. The summed E-state index contributed by atoms with van der Waals surface area (Å²) in [6, 6.07) is 6.61. The van der Waals surface area contributed by atoms with Crippen molar-refractivity contribution in [2.45, 2.75) is 19.4 Å². The van der Waals surface area contributed by atoms with Gasteiger partial charge >= 0.3 is 0 Å². The van der Waals surface area contributed by atoms with Gasteiger partial charge in [-0.1, -0.05) is 6.92 Å². The van der Waals surface area contributed by atoms with Crippen LogP contribution in [0, 0.1) is 5.92 Å². The second-order valence-electron chi connectivity index (χ2n) is 4.21. The standard InChI is InChI=1S/C11H13N3O/c1-6-4-8(6)13-11-14-9-5-7(12)2-3-10(9)15-11/h2-3,5-6,8H,4,12H2,1H3,(H,13,14). The van der Waals surface area contributed by atoms with Crippen molar-refractivity contribution in [3.05, 3.63) is 18.2 Å². The molecule has 0 saturated heterocycles. The number of anilines is 2. The van der Waals surface area contributed by atoms with Crippen LogP contribution in [0.15, 0.2) is 22.6 Å². The van der Waals surface area contributed by atoms with Crippen LogP contribution in [0.25, 0.3) is 11.1 Å². The molecule has 4 nitrogen and oxygen atoms in total. The number of aromatic nitrogens is 1. The average molecular weight is 203 g/mol. The van der Waals surface area contributed by atoms with Crippen LogP contribution in [0.3, 0.4) is 0 Å². The number of fused-ring (bicyclic) bond motifs is 1. The quantitative estimate of drug-likeness (QED) is 0.734. The zero-order valence-electron chi connectivity index (χ0n) is 8.53. The highest BCUT2D eigenvalue weighted by molar-refractivity contribution is 5.78. The molecule has 2 aromatic rings. The molecule has 3 N–H and O–H groups in total. The zero-order chi connectivity index (χ0) is 10.4. The Bertz CT molecular complexity index is 506. The van der Waals surface area contributed by atoms with Crippen molar-refractivity contribution in [1.82, 2.24) is 4.98 Å². The topological polar surface area (TPSA) is 64.1 Å². The van der Waals surface area contributed by atoms with Crippen LogP contribution in [0.4, 0.5) is 11.7 Å². The van der Waals surface area contributed by atoms with Gasteiger partial charge in [0, 0.05) is 11.7 Å². The maximum Gasteiger partial charge on any atom is 0.295 e. The Morgan fingerprint density at radius 3 is 3.07 bits per heavy atom. The SMILES string of the molecule is CC1CC1Nc1nc2cc(N)ccc2o1. The number of rotatable bonds is 2. The van der Waals surface area contributed by atoms with Crippen molar-refractivity contribution in [3.8, 4) is 0 Å². The molecule has 0 spiro atoms. The zero-order valence-corrected chi connectivity index (χ0v) is 8.53. The molecule has 1 heterocycles. The Morgan fingerprint density at radius 2 is 2.33 bits per heavy atom. The Balaban J connectivity index is 1.92. The minimum atomic E-state index is 0.524. The number of oxazole rings is 1. The molecule has 1 aliphatic rings. The monoisotopic (exact) mass is 203 g/mol. The molecule has 2 unspecified atom stereocenters. The molecule has 3 rings (SSSR count). The lowest BCUT2D eigenvalue weighted by molar-refractivity contribution is 0.612. The highest BCUT2D eigenvalue weighted by atomic mass is 16.4. The van der Waals surface area contributed by atoms with E-state index in [1.54, 1.807) is 0 Å². The molecule has 2 atom stereocenters. The van der Waals surface area contributed by atoms with E-state index in [0.29, 0.717) is 17.7 Å². The number of nitrogens with two attached hydrogens (primary N) is 1. The van der Waals surface area contributed by atoms with Crippen molar-refractivity contribution < 1.29 is 4.42 Å². The minimum Gasteiger partial charge on any atom is -0.424 e. The van der Waals surface area contributed by atoms with Crippen LogP contribution in [-0.4, -0.2) is 11.0 Å². The van der Waals surface area contributed by atoms with E-state index >= 15 is 0 Å². The van der Waals surface area contributed by atoms with Crippen LogP contribution in [0.2, 0.25) is 0 Å². The Labute approximate surface area is 87.5 Å². The third-order valence-electron chi connectivity index (χ3n) is 2.83. The Morgan fingerprint density at radius 1 is 1.53 bits per heavy atom. The molecule has 15 heavy (non-hydrogen) atoms. The molecule has 1 aromatic carbocycles. The van der Waals surface area contributed by atoms with Gasteiger partial charge in [-0.25, -0.2) is 0 Å². The molecular weight excluding hydrogens is 190 g/mol. The van der Waals surface area contributed by atoms with Gasteiger partial charge in [-0.2, -0.15) is 4.98 Å². The van der Waals surface area contributed by atoms with Gasteiger partial charge in [0.25, 0.3) is 6.01 Å². The van der Waals surface area contributed by atoms with Crippen molar-refractivity contribution in [2.24, 2.45) is 5.92 Å². The molecular formula is C11H13N3O. The number of nitrogen functional groups attached to an aromatic ring is 1. The summed E-state index contributed by atoms with van der Waals surface area (Å²) in [4.78, 5) is 4.33. The van der Waals surface area contributed by atoms with Gasteiger partial charge in [0.05, 0.1) is 0 Å². The summed E-state index contributed by atoms with van der Waals surface area (Å²) >= 11 is 0. The lowest BCUT2D eigenvalue weighted by Gasteiger charge is -1.95. The summed E-state index contributed by atoms with van der Waals surface area (Å²) in [6.07, 6.45) is 1.20. The van der Waals surface area contributed by atoms with E-state index in [1.165, 1.54) is 6.42 Å². The Kier molecular flexibility index (Phi) is 1.65. The van der Waals surface area contributed by atoms with E-state index in [0.717, 1.165) is 17.0 Å². The van der Waals surface area contributed by atoms with Crippen LogP contribution < -0.4 is 11.1 Å². The molecule has 0 aliphatic heterocycles. The maximum atomic E-state index is 5.67. The fourth-order valence-electron chi connectivity index (χ4n) is 1.69. The first-order valence-corrected chi connectivity index (χ1v) is 5.15. The number of hydrogen-bond donors (Lipinski definition) is 2. The molecule has 1 fully saturated rings. The van der Waals surface area contributed by atoms with E-state index < -0.39 is 0 Å². The molecule has 0 radical (unpaired) electrons. The highest BCUT2D eigenvalue weighted by Crippen LogP contribution is 2.33. The molecule has 0 amide bonds. The molecule has 0 bridgehead atoms. The van der Waals surface area contributed by atoms with Gasteiger partial charge in [-0.15, -0.1) is 0 Å². The first kappa shape index (κ1) is 8.59. The van der Waals surface area contributed by atoms with Crippen LogP contribution >= 0.6 is 0 Å². The molecule has 4 heteroatoms. The average Bonchev–Trinajstić information content (AvgIpc) is 2.75. The van der Waals surface area contributed by atoms with Crippen LogP contribution in [0.5, 0.6) is 0 Å². The summed E-state index contributed by atoms with van der Waals surface area (Å²) < 4.78 is 5.54. The van der Waals surface area contributed by atoms with Gasteiger partial charge < -0.3 is 15.5 Å². The highest BCUT2D eigenvalue weighted by Gasteiger charge is 2.33. The third kappa shape index (κ3) is 1.52. The molecule has 1 aliphatic carbocycles. The van der Waals surface area contributed by atoms with E-state index in [-0.39, 0.29) is 0 Å². The fourth-order valence-corrected chi connectivity index (χ4v) is 1.69. The second-order valence-corrected chi connectivity index (χ2v) is 4.21. The Hall–Kier alpha value is -1.71. The van der Waals surface area contributed by atoms with E-state index in [2.05, 4.69) is 17.2 Å². The van der Waals surface area contributed by atoms with E-state index in [4.69, 9.17) is 10.2 Å². The molecule has 1 aromatic heterocycles. The van der Waals surface area contributed by atoms with Crippen molar-refractivity contribution in [1.29, 1.82) is 0 Å². The lowest BCUT2D eigenvalue weighted by atomic mass is 10.3. The van der Waals surface area contributed by atoms with Gasteiger partial charge in [0.1, 0.15) is 5.52 Å². The molecule has 1 saturated carbocycles. The number of benzene rings is 1. The maximum absolute atomic E-state index is 5.67. The summed E-state index contributed by atoms with van der Waals surface area (Å²) in [5.41, 5.74) is 7.97. The summed E-state index contributed by atoms with van der Waals surface area (Å²) in [5, 5.41) is 3.26. The van der Waals surface area contributed by atoms with E-state index in [1.807, 2.05) is 18.2 Å². The number of nitrogens with one attached hydrogen (secondary N) is 1. The first-order chi connectivity index (χ1) is 7.22. The largest absolute Gasteiger partial charge is 0.424 e. The van der Waals surface area contributed by atoms with Crippen molar-refractivity contribution in [2.75, 3.05) is 11.1 Å². The van der Waals surface area contributed by atoms with Gasteiger partial charge in [-0.05, 0) is 30.5 Å². The van der Waals surface area contributed by atoms with Crippen molar-refractivity contribution in [3.63, 3.8) is 0 Å². The fraction of sp³-hybridized carbons (Fsp3) is 0.364. The van der Waals surface area contributed by atoms with Crippen LogP contribution in [0.1, 0.15) is 13.3 Å². The number of nitrogens with zero attached hydrogens (tertiary/aromatic N) is 1. The van der Waals surface area contributed by atoms with Gasteiger partial charge in [0.15, 0.2) is 5.58 Å². The second kappa shape index (κ2) is 2.89. The lowest BCUT2D eigenvalue weighted by Crippen LogP contribution is -2.02. The van der Waals surface area contributed by atoms with Gasteiger partial charge in [0.2, 0.25) is 0 Å². The smallest absolute Gasteiger partial charge is 0.295 e. The molecule has 78 valence electrons. The van der Waals surface area contributed by atoms with Crippen molar-refractivity contribution >= 4 is 22.8 Å². The van der Waals surface area contributed by atoms with Crippen LogP contribution in [-0.2, 0) is 0 Å². The van der Waals surface area contributed by atoms with Gasteiger partial charge in [-0.3, -0.25) is 0 Å². The summed E-state index contributed by atoms with van der Waals surface area (Å²) in [5.74, 6) is 0.727.